The molecule has 0 aliphatic carbocycles. The maximum absolute atomic E-state index is 8.38. The molecule has 0 spiro atoms. The van der Waals surface area contributed by atoms with Crippen LogP contribution in [-0.4, -0.2) is 0 Å². The molecule has 0 N–H and O–H groups in total. The van der Waals surface area contributed by atoms with Crippen molar-refractivity contribution in [3.8, 4) is 0 Å². The second-order valence-corrected chi connectivity index (χ2v) is 0. The van der Waals surface area contributed by atoms with Crippen LogP contribution in [0.4, 0.5) is 0 Å². The summed E-state index contributed by atoms with van der Waals surface area (Å²) in [6.07, 6.45) is 0. The molecule has 0 atom stereocenters. The van der Waals surface area contributed by atoms with Crippen LogP contribution in [-0.2, 0) is 48.0 Å². The van der Waals surface area contributed by atoms with Crippen LogP contribution in [0, 0.1) is 0 Å². The minimum Gasteiger partial charge on any atom is 0 e. The van der Waals surface area contributed by atoms with Crippen LogP contribution in [0.2, 0.25) is 0 Å². The largest absolute Gasteiger partial charge is 0 e. The van der Waals surface area contributed by atoms with Gasteiger partial charge in [-0.05, 0) is 0 Å². The molecule has 0 aliphatic heterocycles. The molecule has 0 radical (unpaired) electrons. The minimum atomic E-state index is 0. The Balaban J connectivity index is -0.00000000167. The third kappa shape index (κ3) is 9.08. The van der Waals surface area contributed by atoms with Gasteiger partial charge in [0.2, 0.25) is 0 Å². The zero-order valence-electron chi connectivity index (χ0n) is 3.62. The summed E-state index contributed by atoms with van der Waals surface area (Å²) in [7, 11) is 0. The van der Waals surface area contributed by atoms with Gasteiger partial charge in [0.25, 0.3) is 0 Å². The molecule has 0 heterocycles. The van der Waals surface area contributed by atoms with Crippen LogP contribution in [0.3, 0.4) is 0 Å². The fraction of sp³-hybridized carbons (Fsp3) is 0. The Kier molecular flexibility index (Phi) is 86.8. The van der Waals surface area contributed by atoms with Gasteiger partial charge in [-0.3, -0.25) is 0 Å². The van der Waals surface area contributed by atoms with Crippen molar-refractivity contribution in [3.63, 3.8) is 0 Å². The van der Waals surface area contributed by atoms with Crippen molar-refractivity contribution in [2.24, 2.45) is 0 Å². The molecule has 0 bridgehead atoms. The second kappa shape index (κ2) is 20.6. The third-order valence-corrected chi connectivity index (χ3v) is 0. The monoisotopic (exact) mass is 178 g/mol. The minimum absolute atomic E-state index is 0. The van der Waals surface area contributed by atoms with Gasteiger partial charge in [-0.2, -0.15) is 0 Å². The van der Waals surface area contributed by atoms with Crippen molar-refractivity contribution in [2.75, 3.05) is 0 Å². The first-order chi connectivity index (χ1) is 1.00. The summed E-state index contributed by atoms with van der Waals surface area (Å²) in [6, 6.07) is 0. The van der Waals surface area contributed by atoms with E-state index in [1.165, 1.54) is 0 Å². The average Bonchev–Trinajstić information content (AvgIpc) is 1.00. The summed E-state index contributed by atoms with van der Waals surface area (Å²) in [5.74, 6) is 0. The third-order valence-electron chi connectivity index (χ3n) is 0. The molecule has 0 rings (SSSR count). The molecule has 4 heteroatoms. The fourth-order valence-corrected chi connectivity index (χ4v) is 0. The molecule has 0 aromatic carbocycles. The van der Waals surface area contributed by atoms with Gasteiger partial charge >= 0.3 is 40.7 Å². The van der Waals surface area contributed by atoms with E-state index in [9.17, 15) is 0 Å². The molecule has 0 aromatic rings. The van der Waals surface area contributed by atoms with E-state index >= 15 is 0 Å². The van der Waals surface area contributed by atoms with Crippen molar-refractivity contribution < 1.29 is 68.3 Å². The van der Waals surface area contributed by atoms with Crippen molar-refractivity contribution in [2.45, 2.75) is 0 Å². The van der Waals surface area contributed by atoms with Crippen molar-refractivity contribution >= 4 is 0 Å². The van der Waals surface area contributed by atoms with Crippen molar-refractivity contribution in [1.29, 1.82) is 0 Å². The Morgan fingerprint density at radius 2 is 1.50 bits per heavy atom. The first-order valence-electron chi connectivity index (χ1n) is 0.289. The molecule has 14 valence electrons. The van der Waals surface area contributed by atoms with Crippen LogP contribution < -0.4 is 18.9 Å². The molecule has 4 heavy (non-hydrogen) atoms. The average molecular weight is 181 g/mol. The van der Waals surface area contributed by atoms with Gasteiger partial charge in [0, 0.05) is 26.2 Å². The van der Waals surface area contributed by atoms with Gasteiger partial charge in [-0.15, -0.1) is 0 Å². The standard InChI is InChI=1S/Li.O.Zn.Zr.H/q+1;;;;-1. The molecular formula is HLiOZnZr. The predicted molar refractivity (Wildman–Crippen MR) is 1.80 cm³/mol. The molecule has 0 aromatic heterocycles. The van der Waals surface area contributed by atoms with E-state index in [0.29, 0.717) is 0 Å². The van der Waals surface area contributed by atoms with Gasteiger partial charge in [0.05, 0.1) is 0 Å². The van der Waals surface area contributed by atoms with E-state index in [1.54, 1.807) is 0 Å². The zero-order chi connectivity index (χ0) is 2.00. The van der Waals surface area contributed by atoms with Gasteiger partial charge < -0.3 is 1.43 Å². The number of rotatable bonds is 0. The van der Waals surface area contributed by atoms with E-state index in [4.69, 9.17) is 3.57 Å². The van der Waals surface area contributed by atoms with E-state index in [-0.39, 0.29) is 64.7 Å². The first-order valence-corrected chi connectivity index (χ1v) is 1.50. The Labute approximate surface area is 67.6 Å². The number of hydrogen-bond donors (Lipinski definition) is 0. The summed E-state index contributed by atoms with van der Waals surface area (Å²) in [4.78, 5) is 0. The van der Waals surface area contributed by atoms with Crippen LogP contribution in [0.15, 0.2) is 0 Å². The van der Waals surface area contributed by atoms with E-state index in [1.807, 2.05) is 0 Å². The van der Waals surface area contributed by atoms with Crippen molar-refractivity contribution in [1.82, 2.24) is 0 Å². The Bertz CT molecular complexity index is 11.6. The predicted octanol–water partition coefficient (Wildman–Crippen LogP) is -3.01. The smallest absolute Gasteiger partial charge is 0 e. The van der Waals surface area contributed by atoms with Crippen molar-refractivity contribution in [3.05, 3.63) is 0 Å². The first kappa shape index (κ1) is 16.8. The SMILES string of the molecule is [H-].[Li+].[O]=[Zn].[Zr]. The maximum atomic E-state index is 8.38. The quantitative estimate of drug-likeness (QED) is 0.363. The molecule has 1 nitrogen and oxygen atoms in total. The van der Waals surface area contributed by atoms with Gasteiger partial charge in [-0.25, -0.2) is 0 Å². The second-order valence-electron chi connectivity index (χ2n) is 0. The zero-order valence-corrected chi connectivity index (χ0v) is 8.04. The normalized spacial score (nSPS) is 1.50. The molecule has 0 saturated carbocycles. The molecule has 0 fully saturated rings. The van der Waals surface area contributed by atoms with Gasteiger partial charge in [0.1, 0.15) is 0 Å². The van der Waals surface area contributed by atoms with Gasteiger partial charge in [0.15, 0.2) is 0 Å². The molecule has 0 unspecified atom stereocenters. The maximum Gasteiger partial charge on any atom is 0 e. The Hall–Kier alpha value is 1.90. The van der Waals surface area contributed by atoms with Crippen LogP contribution in [0.1, 0.15) is 1.43 Å². The topological polar surface area (TPSA) is 17.1 Å². The molecular weight excluding hydrogens is 180 g/mol. The summed E-state index contributed by atoms with van der Waals surface area (Å²) in [5, 5.41) is 0. The van der Waals surface area contributed by atoms with Crippen LogP contribution >= 0.6 is 0 Å². The summed E-state index contributed by atoms with van der Waals surface area (Å²) in [6.45, 7) is 0. The molecule has 0 aliphatic rings. The van der Waals surface area contributed by atoms with E-state index in [0.717, 1.165) is 0 Å². The van der Waals surface area contributed by atoms with Crippen LogP contribution in [0.25, 0.3) is 0 Å². The summed E-state index contributed by atoms with van der Waals surface area (Å²) >= 11 is 0.125. The van der Waals surface area contributed by atoms with E-state index < -0.39 is 0 Å². The fourth-order valence-electron chi connectivity index (χ4n) is 0. The van der Waals surface area contributed by atoms with E-state index in [2.05, 4.69) is 0 Å². The van der Waals surface area contributed by atoms with Gasteiger partial charge in [-0.1, -0.05) is 0 Å². The molecule has 0 saturated heterocycles. The van der Waals surface area contributed by atoms with Crippen LogP contribution in [0.5, 0.6) is 0 Å². The Morgan fingerprint density at radius 3 is 1.50 bits per heavy atom. The summed E-state index contributed by atoms with van der Waals surface area (Å²) < 4.78 is 8.38. The Morgan fingerprint density at radius 1 is 1.50 bits per heavy atom. The summed E-state index contributed by atoms with van der Waals surface area (Å²) in [5.41, 5.74) is 0. The molecule has 0 amide bonds. The number of hydrogen-bond acceptors (Lipinski definition) is 1.